The number of rotatable bonds is 5. The Balaban J connectivity index is 2.41. The van der Waals surface area contributed by atoms with Gasteiger partial charge in [0.15, 0.2) is 0 Å². The van der Waals surface area contributed by atoms with E-state index in [1.165, 1.54) is 17.7 Å². The average Bonchev–Trinajstić information content (AvgIpc) is 2.55. The van der Waals surface area contributed by atoms with Gasteiger partial charge in [0.2, 0.25) is 0 Å². The fraction of sp³-hybridized carbons (Fsp3) is 0.667. The van der Waals surface area contributed by atoms with Gasteiger partial charge in [0.1, 0.15) is 0 Å². The van der Waals surface area contributed by atoms with Crippen LogP contribution in [0.5, 0.6) is 0 Å². The van der Waals surface area contributed by atoms with Crippen molar-refractivity contribution in [2.75, 3.05) is 0 Å². The molecule has 1 heterocycles. The van der Waals surface area contributed by atoms with Gasteiger partial charge in [-0.15, -0.1) is 11.3 Å². The van der Waals surface area contributed by atoms with E-state index in [0.29, 0.717) is 4.83 Å². The lowest BCUT2D eigenvalue weighted by molar-refractivity contribution is 0.362. The van der Waals surface area contributed by atoms with Crippen molar-refractivity contribution in [2.24, 2.45) is 11.8 Å². The summed E-state index contributed by atoms with van der Waals surface area (Å²) in [4.78, 5) is 2.14. The molecule has 1 aromatic rings. The molecule has 2 atom stereocenters. The normalized spacial score (nSPS) is 15.8. The maximum Gasteiger partial charge on any atom is 0.0148 e. The van der Waals surface area contributed by atoms with Crippen molar-refractivity contribution in [1.82, 2.24) is 0 Å². The Kier molecular flexibility index (Phi) is 5.18. The predicted octanol–water partition coefficient (Wildman–Crippen LogP) is 4.74. The van der Waals surface area contributed by atoms with Gasteiger partial charge in [0.05, 0.1) is 0 Å². The standard InChI is InChI=1S/C12H19BrS/c1-9(2)12(10(3)13)7-6-11-5-4-8-14-11/h4-5,8-10,12H,6-7H2,1-3H3. The van der Waals surface area contributed by atoms with Gasteiger partial charge in [-0.25, -0.2) is 0 Å². The van der Waals surface area contributed by atoms with E-state index in [1.807, 2.05) is 11.3 Å². The number of aryl methyl sites for hydroxylation is 1. The summed E-state index contributed by atoms with van der Waals surface area (Å²) >= 11 is 5.58. The van der Waals surface area contributed by atoms with E-state index in [2.05, 4.69) is 54.2 Å². The lowest BCUT2D eigenvalue weighted by atomic mass is 9.89. The second-order valence-electron chi connectivity index (χ2n) is 4.20. The lowest BCUT2D eigenvalue weighted by Gasteiger charge is -2.23. The lowest BCUT2D eigenvalue weighted by Crippen LogP contribution is -2.18. The van der Waals surface area contributed by atoms with Crippen LogP contribution in [0.4, 0.5) is 0 Å². The molecule has 0 saturated heterocycles. The molecule has 0 bridgehead atoms. The molecule has 0 aliphatic carbocycles. The summed E-state index contributed by atoms with van der Waals surface area (Å²) in [5.41, 5.74) is 0. The molecule has 0 saturated carbocycles. The molecule has 0 spiro atoms. The third kappa shape index (κ3) is 3.74. The quantitative estimate of drug-likeness (QED) is 0.681. The third-order valence-electron chi connectivity index (χ3n) is 2.75. The van der Waals surface area contributed by atoms with Crippen LogP contribution in [0.2, 0.25) is 0 Å². The fourth-order valence-electron chi connectivity index (χ4n) is 1.86. The Morgan fingerprint density at radius 3 is 2.50 bits per heavy atom. The zero-order valence-corrected chi connectivity index (χ0v) is 11.6. The van der Waals surface area contributed by atoms with Crippen LogP contribution in [0, 0.1) is 11.8 Å². The maximum atomic E-state index is 3.71. The Bertz CT molecular complexity index is 231. The largest absolute Gasteiger partial charge is 0.149 e. The summed E-state index contributed by atoms with van der Waals surface area (Å²) in [6.45, 7) is 6.90. The first-order chi connectivity index (χ1) is 6.61. The molecule has 0 aliphatic rings. The highest BCUT2D eigenvalue weighted by Gasteiger charge is 2.18. The van der Waals surface area contributed by atoms with Gasteiger partial charge in [-0.2, -0.15) is 0 Å². The Hall–Kier alpha value is 0.180. The topological polar surface area (TPSA) is 0 Å². The predicted molar refractivity (Wildman–Crippen MR) is 69.4 cm³/mol. The number of hydrogen-bond donors (Lipinski definition) is 0. The van der Waals surface area contributed by atoms with Gasteiger partial charge in [-0.1, -0.05) is 42.8 Å². The van der Waals surface area contributed by atoms with E-state index in [4.69, 9.17) is 0 Å². The third-order valence-corrected chi connectivity index (χ3v) is 4.37. The highest BCUT2D eigenvalue weighted by molar-refractivity contribution is 9.09. The number of halogens is 1. The van der Waals surface area contributed by atoms with Crippen LogP contribution in [-0.2, 0) is 6.42 Å². The Morgan fingerprint density at radius 1 is 1.36 bits per heavy atom. The van der Waals surface area contributed by atoms with Crippen molar-refractivity contribution < 1.29 is 0 Å². The minimum absolute atomic E-state index is 0.627. The van der Waals surface area contributed by atoms with E-state index in [9.17, 15) is 0 Å². The van der Waals surface area contributed by atoms with Gasteiger partial charge in [-0.3, -0.25) is 0 Å². The van der Waals surface area contributed by atoms with Crippen LogP contribution in [0.1, 0.15) is 32.1 Å². The molecule has 2 unspecified atom stereocenters. The van der Waals surface area contributed by atoms with Crippen LogP contribution < -0.4 is 0 Å². The molecular formula is C12H19BrS. The molecule has 1 aromatic heterocycles. The van der Waals surface area contributed by atoms with Crippen molar-refractivity contribution >= 4 is 27.3 Å². The second kappa shape index (κ2) is 5.92. The molecule has 14 heavy (non-hydrogen) atoms. The molecular weight excluding hydrogens is 256 g/mol. The van der Waals surface area contributed by atoms with E-state index in [0.717, 1.165) is 11.8 Å². The monoisotopic (exact) mass is 274 g/mol. The van der Waals surface area contributed by atoms with Crippen molar-refractivity contribution in [3.63, 3.8) is 0 Å². The van der Waals surface area contributed by atoms with E-state index >= 15 is 0 Å². The van der Waals surface area contributed by atoms with Gasteiger partial charge in [-0.05, 0) is 36.1 Å². The van der Waals surface area contributed by atoms with Gasteiger partial charge in [0, 0.05) is 9.70 Å². The second-order valence-corrected chi connectivity index (χ2v) is 6.68. The van der Waals surface area contributed by atoms with Crippen LogP contribution in [-0.4, -0.2) is 4.83 Å². The minimum Gasteiger partial charge on any atom is -0.149 e. The van der Waals surface area contributed by atoms with E-state index in [-0.39, 0.29) is 0 Å². The Labute approximate surface area is 99.9 Å². The number of hydrogen-bond acceptors (Lipinski definition) is 1. The summed E-state index contributed by atoms with van der Waals surface area (Å²) in [7, 11) is 0. The summed E-state index contributed by atoms with van der Waals surface area (Å²) in [6.07, 6.45) is 2.53. The first-order valence-corrected chi connectivity index (χ1v) is 7.07. The van der Waals surface area contributed by atoms with Crippen molar-refractivity contribution in [3.05, 3.63) is 22.4 Å². The highest BCUT2D eigenvalue weighted by Crippen LogP contribution is 2.27. The summed E-state index contributed by atoms with van der Waals surface area (Å²) < 4.78 is 0. The molecule has 1 rings (SSSR count). The van der Waals surface area contributed by atoms with Crippen LogP contribution in [0.25, 0.3) is 0 Å². The molecule has 0 radical (unpaired) electrons. The van der Waals surface area contributed by atoms with Gasteiger partial charge >= 0.3 is 0 Å². The zero-order valence-electron chi connectivity index (χ0n) is 9.16. The smallest absolute Gasteiger partial charge is 0.0148 e. The summed E-state index contributed by atoms with van der Waals surface area (Å²) in [5, 5.41) is 2.16. The molecule has 2 heteroatoms. The van der Waals surface area contributed by atoms with Crippen LogP contribution in [0.15, 0.2) is 17.5 Å². The minimum atomic E-state index is 0.627. The van der Waals surface area contributed by atoms with Gasteiger partial charge in [0.25, 0.3) is 0 Å². The molecule has 0 nitrogen and oxygen atoms in total. The van der Waals surface area contributed by atoms with E-state index < -0.39 is 0 Å². The maximum absolute atomic E-state index is 3.71. The summed E-state index contributed by atoms with van der Waals surface area (Å²) in [5.74, 6) is 1.56. The number of alkyl halides is 1. The first-order valence-electron chi connectivity index (χ1n) is 5.27. The SMILES string of the molecule is CC(C)C(CCc1cccs1)C(C)Br. The first kappa shape index (κ1) is 12.3. The van der Waals surface area contributed by atoms with Crippen LogP contribution in [0.3, 0.4) is 0 Å². The fourth-order valence-corrected chi connectivity index (χ4v) is 3.46. The average molecular weight is 275 g/mol. The molecule has 0 aromatic carbocycles. The van der Waals surface area contributed by atoms with Crippen molar-refractivity contribution in [3.8, 4) is 0 Å². The molecule has 0 N–H and O–H groups in total. The van der Waals surface area contributed by atoms with Crippen molar-refractivity contribution in [1.29, 1.82) is 0 Å². The molecule has 0 fully saturated rings. The number of thiophene rings is 1. The molecule has 0 amide bonds. The van der Waals surface area contributed by atoms with E-state index in [1.54, 1.807) is 0 Å². The zero-order chi connectivity index (χ0) is 10.6. The summed E-state index contributed by atoms with van der Waals surface area (Å²) in [6, 6.07) is 4.38. The van der Waals surface area contributed by atoms with Crippen LogP contribution >= 0.6 is 27.3 Å². The molecule has 0 aliphatic heterocycles. The molecule has 80 valence electrons. The highest BCUT2D eigenvalue weighted by atomic mass is 79.9. The van der Waals surface area contributed by atoms with Crippen molar-refractivity contribution in [2.45, 2.75) is 38.4 Å². The Morgan fingerprint density at radius 2 is 2.07 bits per heavy atom. The van der Waals surface area contributed by atoms with Gasteiger partial charge < -0.3 is 0 Å².